The Kier molecular flexibility index (Phi) is 6.18. The lowest BCUT2D eigenvalue weighted by Gasteiger charge is -2.33. The lowest BCUT2D eigenvalue weighted by Crippen LogP contribution is -2.49. The molecule has 0 aliphatic carbocycles. The Morgan fingerprint density at radius 2 is 2.00 bits per heavy atom. The van der Waals surface area contributed by atoms with E-state index in [9.17, 15) is 9.18 Å². The van der Waals surface area contributed by atoms with Gasteiger partial charge in [0, 0.05) is 30.2 Å². The third-order valence-electron chi connectivity index (χ3n) is 5.01. The van der Waals surface area contributed by atoms with E-state index >= 15 is 0 Å². The molecule has 2 heterocycles. The summed E-state index contributed by atoms with van der Waals surface area (Å²) in [5.41, 5.74) is 1.93. The van der Waals surface area contributed by atoms with Crippen molar-refractivity contribution in [3.8, 4) is 17.0 Å². The number of piperidine rings is 1. The SMILES string of the molecule is O=C(COc1ccc(F)cc1)NC1CCCN(c2cc(-c3ccc(Cl)cc3)[nH]n2)C1. The zero-order valence-electron chi connectivity index (χ0n) is 16.3. The van der Waals surface area contributed by atoms with Crippen molar-refractivity contribution < 1.29 is 13.9 Å². The number of rotatable bonds is 6. The second-order valence-electron chi connectivity index (χ2n) is 7.24. The zero-order valence-corrected chi connectivity index (χ0v) is 17.0. The average Bonchev–Trinajstić information content (AvgIpc) is 3.24. The molecule has 156 valence electrons. The van der Waals surface area contributed by atoms with Gasteiger partial charge in [0.25, 0.3) is 5.91 Å². The maximum atomic E-state index is 12.9. The molecule has 0 saturated carbocycles. The van der Waals surface area contributed by atoms with Gasteiger partial charge < -0.3 is 15.0 Å². The minimum Gasteiger partial charge on any atom is -0.484 e. The van der Waals surface area contributed by atoms with Crippen LogP contribution in [0, 0.1) is 5.82 Å². The van der Waals surface area contributed by atoms with Crippen molar-refractivity contribution in [1.82, 2.24) is 15.5 Å². The van der Waals surface area contributed by atoms with E-state index in [0.717, 1.165) is 36.5 Å². The Balaban J connectivity index is 1.31. The predicted molar refractivity (Wildman–Crippen MR) is 114 cm³/mol. The first-order chi connectivity index (χ1) is 14.6. The van der Waals surface area contributed by atoms with E-state index in [1.54, 1.807) is 0 Å². The van der Waals surface area contributed by atoms with Crippen LogP contribution in [0.3, 0.4) is 0 Å². The fourth-order valence-corrected chi connectivity index (χ4v) is 3.63. The number of halogens is 2. The van der Waals surface area contributed by atoms with Gasteiger partial charge in [-0.2, -0.15) is 5.10 Å². The maximum absolute atomic E-state index is 12.9. The Morgan fingerprint density at radius 3 is 2.77 bits per heavy atom. The Labute approximate surface area is 179 Å². The van der Waals surface area contributed by atoms with Crippen LogP contribution in [0.15, 0.2) is 54.6 Å². The Morgan fingerprint density at radius 1 is 1.23 bits per heavy atom. The molecule has 3 aromatic rings. The number of H-pyrrole nitrogens is 1. The highest BCUT2D eigenvalue weighted by Gasteiger charge is 2.23. The highest BCUT2D eigenvalue weighted by molar-refractivity contribution is 6.30. The standard InChI is InChI=1S/C22H22ClFN4O2/c23-16-5-3-15(4-6-16)20-12-21(27-26-20)28-11-1-2-18(13-28)25-22(29)14-30-19-9-7-17(24)8-10-19/h3-10,12,18H,1-2,11,13-14H2,(H,25,29)(H,26,27). The molecule has 1 atom stereocenters. The number of ether oxygens (including phenoxy) is 1. The highest BCUT2D eigenvalue weighted by Crippen LogP contribution is 2.25. The summed E-state index contributed by atoms with van der Waals surface area (Å²) in [6.07, 6.45) is 1.85. The van der Waals surface area contributed by atoms with Crippen LogP contribution in [0.4, 0.5) is 10.2 Å². The first-order valence-corrected chi connectivity index (χ1v) is 10.2. The molecule has 30 heavy (non-hydrogen) atoms. The van der Waals surface area contributed by atoms with Crippen LogP contribution in [-0.4, -0.2) is 41.8 Å². The van der Waals surface area contributed by atoms with E-state index in [0.29, 0.717) is 17.3 Å². The molecule has 0 radical (unpaired) electrons. The highest BCUT2D eigenvalue weighted by atomic mass is 35.5. The molecule has 2 aromatic carbocycles. The fraction of sp³-hybridized carbons (Fsp3) is 0.273. The average molecular weight is 429 g/mol. The van der Waals surface area contributed by atoms with Gasteiger partial charge in [0.05, 0.1) is 5.69 Å². The summed E-state index contributed by atoms with van der Waals surface area (Å²) >= 11 is 5.95. The number of aromatic amines is 1. The summed E-state index contributed by atoms with van der Waals surface area (Å²) < 4.78 is 18.4. The smallest absolute Gasteiger partial charge is 0.258 e. The number of amides is 1. The Hall–Kier alpha value is -3.06. The van der Waals surface area contributed by atoms with Crippen LogP contribution < -0.4 is 15.0 Å². The largest absolute Gasteiger partial charge is 0.484 e. The van der Waals surface area contributed by atoms with Crippen molar-refractivity contribution in [2.75, 3.05) is 24.6 Å². The molecule has 0 spiro atoms. The van der Waals surface area contributed by atoms with Gasteiger partial charge in [-0.25, -0.2) is 4.39 Å². The quantitative estimate of drug-likeness (QED) is 0.621. The van der Waals surface area contributed by atoms with Gasteiger partial charge in [0.15, 0.2) is 12.4 Å². The monoisotopic (exact) mass is 428 g/mol. The van der Waals surface area contributed by atoms with Crippen molar-refractivity contribution in [3.05, 3.63) is 65.4 Å². The van der Waals surface area contributed by atoms with Crippen molar-refractivity contribution in [3.63, 3.8) is 0 Å². The fourth-order valence-electron chi connectivity index (χ4n) is 3.50. The van der Waals surface area contributed by atoms with Gasteiger partial charge in [-0.05, 0) is 54.8 Å². The molecule has 6 nitrogen and oxygen atoms in total. The summed E-state index contributed by atoms with van der Waals surface area (Å²) in [7, 11) is 0. The van der Waals surface area contributed by atoms with Crippen LogP contribution in [0.25, 0.3) is 11.3 Å². The second-order valence-corrected chi connectivity index (χ2v) is 7.68. The number of nitrogens with one attached hydrogen (secondary N) is 2. The second kappa shape index (κ2) is 9.17. The third-order valence-corrected chi connectivity index (χ3v) is 5.27. The lowest BCUT2D eigenvalue weighted by molar-refractivity contribution is -0.123. The van der Waals surface area contributed by atoms with Crippen LogP contribution in [0.1, 0.15) is 12.8 Å². The Bertz CT molecular complexity index is 991. The summed E-state index contributed by atoms with van der Waals surface area (Å²) in [4.78, 5) is 14.4. The number of nitrogens with zero attached hydrogens (tertiary/aromatic N) is 2. The van der Waals surface area contributed by atoms with Gasteiger partial charge in [-0.3, -0.25) is 9.89 Å². The van der Waals surface area contributed by atoms with Crippen molar-refractivity contribution in [2.24, 2.45) is 0 Å². The van der Waals surface area contributed by atoms with Crippen LogP contribution in [0.2, 0.25) is 5.02 Å². The van der Waals surface area contributed by atoms with Crippen LogP contribution in [0.5, 0.6) is 5.75 Å². The molecule has 0 bridgehead atoms. The number of carbonyl (C=O) groups excluding carboxylic acids is 1. The van der Waals surface area contributed by atoms with E-state index in [2.05, 4.69) is 20.4 Å². The van der Waals surface area contributed by atoms with E-state index in [-0.39, 0.29) is 24.4 Å². The summed E-state index contributed by atoms with van der Waals surface area (Å²) in [6, 6.07) is 15.2. The van der Waals surface area contributed by atoms with Gasteiger partial charge in [-0.1, -0.05) is 23.7 Å². The summed E-state index contributed by atoms with van der Waals surface area (Å²) in [6.45, 7) is 1.45. The van der Waals surface area contributed by atoms with Crippen molar-refractivity contribution in [1.29, 1.82) is 0 Å². The minimum atomic E-state index is -0.341. The van der Waals surface area contributed by atoms with Crippen LogP contribution in [-0.2, 0) is 4.79 Å². The molecule has 4 rings (SSSR count). The topological polar surface area (TPSA) is 70.2 Å². The molecular formula is C22H22ClFN4O2. The van der Waals surface area contributed by atoms with E-state index in [1.165, 1.54) is 24.3 Å². The number of aromatic nitrogens is 2. The summed E-state index contributed by atoms with van der Waals surface area (Å²) in [5, 5.41) is 11.2. The first-order valence-electron chi connectivity index (χ1n) is 9.81. The molecule has 1 fully saturated rings. The predicted octanol–water partition coefficient (Wildman–Crippen LogP) is 4.03. The van der Waals surface area contributed by atoms with E-state index in [4.69, 9.17) is 16.3 Å². The zero-order chi connectivity index (χ0) is 20.9. The van der Waals surface area contributed by atoms with E-state index in [1.807, 2.05) is 30.3 Å². The molecule has 1 aromatic heterocycles. The van der Waals surface area contributed by atoms with E-state index < -0.39 is 0 Å². The number of anilines is 1. The molecular weight excluding hydrogens is 407 g/mol. The third kappa shape index (κ3) is 5.10. The molecule has 8 heteroatoms. The molecule has 1 aliphatic rings. The molecule has 2 N–H and O–H groups in total. The first kappa shape index (κ1) is 20.2. The van der Waals surface area contributed by atoms with Gasteiger partial charge >= 0.3 is 0 Å². The number of hydrogen-bond donors (Lipinski definition) is 2. The summed E-state index contributed by atoms with van der Waals surface area (Å²) in [5.74, 6) is 0.770. The molecule has 1 unspecified atom stereocenters. The molecule has 1 saturated heterocycles. The van der Waals surface area contributed by atoms with Crippen molar-refractivity contribution in [2.45, 2.75) is 18.9 Å². The van der Waals surface area contributed by atoms with Crippen LogP contribution >= 0.6 is 11.6 Å². The lowest BCUT2D eigenvalue weighted by atomic mass is 10.1. The molecule has 1 amide bonds. The minimum absolute atomic E-state index is 0.0127. The van der Waals surface area contributed by atoms with Gasteiger partial charge in [0.1, 0.15) is 11.6 Å². The maximum Gasteiger partial charge on any atom is 0.258 e. The van der Waals surface area contributed by atoms with Gasteiger partial charge in [-0.15, -0.1) is 0 Å². The van der Waals surface area contributed by atoms with Crippen molar-refractivity contribution >= 4 is 23.3 Å². The number of hydrogen-bond acceptors (Lipinski definition) is 4. The number of benzene rings is 2. The normalized spacial score (nSPS) is 16.3. The van der Waals surface area contributed by atoms with Gasteiger partial charge in [0.2, 0.25) is 0 Å². The molecule has 1 aliphatic heterocycles. The number of carbonyl (C=O) groups is 1.